The third-order valence-corrected chi connectivity index (χ3v) is 8.57. The minimum absolute atomic E-state index is 0.0502. The van der Waals surface area contributed by atoms with Gasteiger partial charge in [0.05, 0.1) is 5.52 Å². The van der Waals surface area contributed by atoms with Crippen LogP contribution in [-0.2, 0) is 11.3 Å². The number of benzene rings is 2. The Hall–Kier alpha value is -2.62. The van der Waals surface area contributed by atoms with Crippen LogP contribution >= 0.6 is 0 Å². The minimum Gasteiger partial charge on any atom is -0.352 e. The zero-order chi connectivity index (χ0) is 21.2. The molecular weight excluding hydrogens is 384 g/mol. The second kappa shape index (κ2) is 6.94. The van der Waals surface area contributed by atoms with Gasteiger partial charge >= 0.3 is 0 Å². The van der Waals surface area contributed by atoms with Crippen LogP contribution in [0.4, 0.5) is 0 Å². The van der Waals surface area contributed by atoms with E-state index in [9.17, 15) is 9.59 Å². The van der Waals surface area contributed by atoms with Crippen molar-refractivity contribution < 1.29 is 4.79 Å². The summed E-state index contributed by atoms with van der Waals surface area (Å²) in [6, 6.07) is 15.7. The summed E-state index contributed by atoms with van der Waals surface area (Å²) in [6.45, 7) is 2.27. The fourth-order valence-electron chi connectivity index (χ4n) is 7.54. The van der Waals surface area contributed by atoms with E-state index in [-0.39, 0.29) is 29.5 Å². The van der Waals surface area contributed by atoms with Crippen LogP contribution in [0.15, 0.2) is 53.3 Å². The quantitative estimate of drug-likeness (QED) is 0.619. The van der Waals surface area contributed by atoms with Gasteiger partial charge in [0.15, 0.2) is 0 Å². The Bertz CT molecular complexity index is 1210. The molecule has 31 heavy (non-hydrogen) atoms. The minimum atomic E-state index is -0.0908. The molecule has 4 aliphatic rings. The summed E-state index contributed by atoms with van der Waals surface area (Å²) >= 11 is 0. The van der Waals surface area contributed by atoms with Crippen LogP contribution in [0.5, 0.6) is 0 Å². The maximum absolute atomic E-state index is 13.3. The zero-order valence-electron chi connectivity index (χ0n) is 18.1. The van der Waals surface area contributed by atoms with Crippen molar-refractivity contribution in [2.75, 3.05) is 0 Å². The highest BCUT2D eigenvalue weighted by Gasteiger charge is 2.53. The summed E-state index contributed by atoms with van der Waals surface area (Å²) < 4.78 is 1.65. The normalized spacial score (nSPS) is 30.0. The molecule has 0 saturated heterocycles. The van der Waals surface area contributed by atoms with E-state index in [2.05, 4.69) is 12.2 Å². The molecule has 1 amide bonds. The number of nitrogens with one attached hydrogen (secondary N) is 1. The maximum Gasteiger partial charge on any atom is 0.259 e. The molecule has 4 fully saturated rings. The van der Waals surface area contributed by atoms with E-state index in [1.807, 2.05) is 48.5 Å². The van der Waals surface area contributed by atoms with E-state index in [1.54, 1.807) is 4.57 Å². The van der Waals surface area contributed by atoms with Crippen molar-refractivity contribution >= 4 is 27.6 Å². The van der Waals surface area contributed by atoms with Crippen molar-refractivity contribution in [3.63, 3.8) is 0 Å². The number of rotatable bonds is 4. The van der Waals surface area contributed by atoms with Crippen molar-refractivity contribution in [3.05, 3.63) is 58.9 Å². The molecule has 1 atom stereocenters. The van der Waals surface area contributed by atoms with Crippen LogP contribution in [0.1, 0.15) is 45.4 Å². The molecule has 1 aromatic heterocycles. The molecule has 1 heterocycles. The van der Waals surface area contributed by atoms with Gasteiger partial charge in [-0.1, -0.05) is 36.4 Å². The highest BCUT2D eigenvalue weighted by Crippen LogP contribution is 2.61. The van der Waals surface area contributed by atoms with E-state index in [0.29, 0.717) is 5.39 Å². The number of fused-ring (bicyclic) bond motifs is 3. The number of aromatic nitrogens is 1. The predicted octanol–water partition coefficient (Wildman–Crippen LogP) is 4.88. The Morgan fingerprint density at radius 2 is 1.48 bits per heavy atom. The Kier molecular flexibility index (Phi) is 4.28. The third kappa shape index (κ3) is 3.02. The molecule has 3 aromatic rings. The molecule has 4 heteroatoms. The molecule has 1 unspecified atom stereocenters. The second-order valence-electron chi connectivity index (χ2n) is 10.5. The summed E-state index contributed by atoms with van der Waals surface area (Å²) in [7, 11) is 0. The Morgan fingerprint density at radius 3 is 2.13 bits per heavy atom. The van der Waals surface area contributed by atoms with E-state index < -0.39 is 0 Å². The average molecular weight is 415 g/mol. The molecule has 4 bridgehead atoms. The molecule has 0 radical (unpaired) electrons. The Balaban J connectivity index is 1.30. The van der Waals surface area contributed by atoms with Gasteiger partial charge in [0.25, 0.3) is 5.56 Å². The number of amides is 1. The van der Waals surface area contributed by atoms with Gasteiger partial charge in [0.1, 0.15) is 6.54 Å². The molecule has 160 valence electrons. The van der Waals surface area contributed by atoms with Gasteiger partial charge in [-0.3, -0.25) is 14.2 Å². The number of nitrogens with zero attached hydrogens (tertiary/aromatic N) is 1. The third-order valence-electron chi connectivity index (χ3n) is 8.57. The molecule has 2 aromatic carbocycles. The first kappa shape index (κ1) is 19.1. The highest BCUT2D eigenvalue weighted by atomic mass is 16.2. The van der Waals surface area contributed by atoms with Gasteiger partial charge in [-0.25, -0.2) is 0 Å². The van der Waals surface area contributed by atoms with E-state index in [0.717, 1.165) is 34.0 Å². The summed E-state index contributed by atoms with van der Waals surface area (Å²) in [5, 5.41) is 5.96. The van der Waals surface area contributed by atoms with Crippen molar-refractivity contribution in [1.29, 1.82) is 0 Å². The van der Waals surface area contributed by atoms with Gasteiger partial charge in [0.2, 0.25) is 5.91 Å². The summed E-state index contributed by atoms with van der Waals surface area (Å²) in [6.07, 6.45) is 7.99. The van der Waals surface area contributed by atoms with Crippen LogP contribution in [-0.4, -0.2) is 16.5 Å². The number of para-hydroxylation sites is 1. The molecule has 0 spiro atoms. The van der Waals surface area contributed by atoms with Gasteiger partial charge < -0.3 is 5.32 Å². The Morgan fingerprint density at radius 1 is 0.935 bits per heavy atom. The zero-order valence-corrected chi connectivity index (χ0v) is 18.1. The molecule has 1 N–H and O–H groups in total. The molecule has 0 aliphatic heterocycles. The SMILES string of the molecule is CC(NC(=O)Cn1c(=O)c2ccccc2c2ccccc21)C12CC3CC(CC(C3)C1)C2. The first-order valence-electron chi connectivity index (χ1n) is 11.8. The lowest BCUT2D eigenvalue weighted by Crippen LogP contribution is -2.56. The van der Waals surface area contributed by atoms with E-state index >= 15 is 0 Å². The van der Waals surface area contributed by atoms with Crippen molar-refractivity contribution in [2.24, 2.45) is 23.2 Å². The topological polar surface area (TPSA) is 51.1 Å². The number of hydrogen-bond donors (Lipinski definition) is 1. The summed E-state index contributed by atoms with van der Waals surface area (Å²) in [5.74, 6) is 2.53. The fourth-order valence-corrected chi connectivity index (χ4v) is 7.54. The van der Waals surface area contributed by atoms with Gasteiger partial charge in [-0.2, -0.15) is 0 Å². The van der Waals surface area contributed by atoms with Gasteiger partial charge in [-0.05, 0) is 86.1 Å². The summed E-state index contributed by atoms with van der Waals surface area (Å²) in [5.41, 5.74) is 0.997. The highest BCUT2D eigenvalue weighted by molar-refractivity contribution is 6.05. The number of carbonyl (C=O) groups excluding carboxylic acids is 1. The first-order valence-corrected chi connectivity index (χ1v) is 11.8. The number of carbonyl (C=O) groups is 1. The fraction of sp³-hybridized carbons (Fsp3) is 0.481. The molecule has 4 saturated carbocycles. The average Bonchev–Trinajstić information content (AvgIpc) is 2.76. The lowest BCUT2D eigenvalue weighted by atomic mass is 9.48. The van der Waals surface area contributed by atoms with Gasteiger partial charge in [-0.15, -0.1) is 0 Å². The van der Waals surface area contributed by atoms with Crippen molar-refractivity contribution in [2.45, 2.75) is 58.0 Å². The molecule has 7 rings (SSSR count). The monoisotopic (exact) mass is 414 g/mol. The van der Waals surface area contributed by atoms with E-state index in [1.165, 1.54) is 38.5 Å². The Labute approximate surface area is 182 Å². The lowest BCUT2D eigenvalue weighted by Gasteiger charge is -2.59. The molecular formula is C27H30N2O2. The number of hydrogen-bond acceptors (Lipinski definition) is 2. The largest absolute Gasteiger partial charge is 0.352 e. The molecule has 4 nitrogen and oxygen atoms in total. The van der Waals surface area contributed by atoms with Crippen LogP contribution in [0.2, 0.25) is 0 Å². The van der Waals surface area contributed by atoms with Crippen LogP contribution in [0.3, 0.4) is 0 Å². The number of pyridine rings is 1. The predicted molar refractivity (Wildman–Crippen MR) is 124 cm³/mol. The van der Waals surface area contributed by atoms with Gasteiger partial charge in [0, 0.05) is 16.8 Å². The first-order chi connectivity index (χ1) is 15.0. The van der Waals surface area contributed by atoms with Crippen LogP contribution in [0.25, 0.3) is 21.7 Å². The standard InChI is InChI=1S/C27H30N2O2/c1-17(27-13-18-10-19(14-27)12-20(11-18)15-27)28-25(30)16-29-24-9-5-4-7-22(24)21-6-2-3-8-23(21)26(29)31/h2-9,17-20H,10-16H2,1H3,(H,28,30). The van der Waals surface area contributed by atoms with Crippen LogP contribution in [0, 0.1) is 23.2 Å². The molecule has 4 aliphatic carbocycles. The van der Waals surface area contributed by atoms with Crippen molar-refractivity contribution in [3.8, 4) is 0 Å². The maximum atomic E-state index is 13.3. The van der Waals surface area contributed by atoms with Crippen molar-refractivity contribution in [1.82, 2.24) is 9.88 Å². The van der Waals surface area contributed by atoms with Crippen LogP contribution < -0.4 is 10.9 Å². The lowest BCUT2D eigenvalue weighted by molar-refractivity contribution is -0.126. The summed E-state index contributed by atoms with van der Waals surface area (Å²) in [4.78, 5) is 26.4. The smallest absolute Gasteiger partial charge is 0.259 e. The second-order valence-corrected chi connectivity index (χ2v) is 10.5. The van der Waals surface area contributed by atoms with E-state index in [4.69, 9.17) is 0 Å².